The van der Waals surface area contributed by atoms with Gasteiger partial charge in [0.15, 0.2) is 0 Å². The molecule has 2 rings (SSSR count). The SMILES string of the molecule is CCCC1=[C]([Hf+2][C]2=C(CCC)C(C)=CC2)CC=C1C.[Cl-].[Cl-]. The van der Waals surface area contributed by atoms with Gasteiger partial charge in [-0.05, 0) is 0 Å². The van der Waals surface area contributed by atoms with Crippen molar-refractivity contribution in [2.24, 2.45) is 0 Å². The minimum Gasteiger partial charge on any atom is -1.00 e. The van der Waals surface area contributed by atoms with Crippen molar-refractivity contribution >= 4 is 0 Å². The van der Waals surface area contributed by atoms with Crippen LogP contribution in [0.3, 0.4) is 0 Å². The second kappa shape index (κ2) is 10.2. The topological polar surface area (TPSA) is 0 Å². The van der Waals surface area contributed by atoms with Gasteiger partial charge in [0.2, 0.25) is 0 Å². The van der Waals surface area contributed by atoms with Gasteiger partial charge >= 0.3 is 130 Å². The molecule has 0 fully saturated rings. The van der Waals surface area contributed by atoms with Crippen LogP contribution >= 0.6 is 0 Å². The first-order valence-corrected chi connectivity index (χ1v) is 11.3. The van der Waals surface area contributed by atoms with Crippen molar-refractivity contribution in [2.75, 3.05) is 0 Å². The van der Waals surface area contributed by atoms with Gasteiger partial charge < -0.3 is 24.8 Å². The smallest absolute Gasteiger partial charge is 1.00 e. The van der Waals surface area contributed by atoms with Gasteiger partial charge in [-0.15, -0.1) is 0 Å². The number of halogens is 2. The summed E-state index contributed by atoms with van der Waals surface area (Å²) >= 11 is -0.743. The standard InChI is InChI=1S/2C9H13.2ClH.Hf/c2*1-3-5-9-7-4-6-8(9)2;;;/h2*6H,3-5H2,1-2H3;2*1H;/q;;;;+2/p-2. The summed E-state index contributed by atoms with van der Waals surface area (Å²) in [7, 11) is 0. The van der Waals surface area contributed by atoms with E-state index in [1.165, 1.54) is 38.5 Å². The summed E-state index contributed by atoms with van der Waals surface area (Å²) in [6.07, 6.45) is 12.7. The molecule has 0 spiro atoms. The van der Waals surface area contributed by atoms with E-state index in [1.54, 1.807) is 22.3 Å². The normalized spacial score (nSPS) is 17.1. The van der Waals surface area contributed by atoms with Crippen molar-refractivity contribution in [2.45, 2.75) is 66.2 Å². The predicted octanol–water partition coefficient (Wildman–Crippen LogP) is -0.115. The van der Waals surface area contributed by atoms with Crippen molar-refractivity contribution in [3.63, 3.8) is 0 Å². The molecule has 116 valence electrons. The van der Waals surface area contributed by atoms with Crippen LogP contribution in [0, 0.1) is 0 Å². The maximum absolute atomic E-state index is 2.47. The summed E-state index contributed by atoms with van der Waals surface area (Å²) in [5, 5.41) is 0. The van der Waals surface area contributed by atoms with Crippen LogP contribution < -0.4 is 24.8 Å². The molecule has 0 heterocycles. The van der Waals surface area contributed by atoms with E-state index >= 15 is 0 Å². The second-order valence-electron chi connectivity index (χ2n) is 5.72. The van der Waals surface area contributed by atoms with Gasteiger partial charge in [-0.1, -0.05) is 0 Å². The minimum atomic E-state index is -0.743. The third-order valence-electron chi connectivity index (χ3n) is 4.21. The molecule has 0 nitrogen and oxygen atoms in total. The van der Waals surface area contributed by atoms with Crippen LogP contribution in [0.25, 0.3) is 0 Å². The Hall–Kier alpha value is 0.410. The summed E-state index contributed by atoms with van der Waals surface area (Å²) in [4.78, 5) is 0. The van der Waals surface area contributed by atoms with E-state index in [9.17, 15) is 0 Å². The monoisotopic (exact) mass is 492 g/mol. The molecule has 2 aliphatic carbocycles. The Morgan fingerprint density at radius 1 is 0.810 bits per heavy atom. The Labute approximate surface area is 154 Å². The molecule has 0 saturated heterocycles. The first-order valence-electron chi connectivity index (χ1n) is 7.72. The molecule has 0 atom stereocenters. The van der Waals surface area contributed by atoms with Crippen LogP contribution in [0.15, 0.2) is 41.1 Å². The van der Waals surface area contributed by atoms with Crippen LogP contribution in [0.2, 0.25) is 0 Å². The number of rotatable bonds is 6. The third kappa shape index (κ3) is 5.22. The van der Waals surface area contributed by atoms with Crippen LogP contribution in [0.1, 0.15) is 66.2 Å². The molecule has 0 saturated carbocycles. The molecule has 0 bridgehead atoms. The van der Waals surface area contributed by atoms with E-state index in [2.05, 4.69) is 39.8 Å². The van der Waals surface area contributed by atoms with Crippen molar-refractivity contribution in [3.8, 4) is 0 Å². The molecule has 0 aliphatic heterocycles. The number of hydrogen-bond acceptors (Lipinski definition) is 0. The summed E-state index contributed by atoms with van der Waals surface area (Å²) in [6.45, 7) is 9.27. The Balaban J connectivity index is 0.00000200. The zero-order chi connectivity index (χ0) is 13.8. The zero-order valence-electron chi connectivity index (χ0n) is 13.7. The van der Waals surface area contributed by atoms with Crippen LogP contribution in [-0.4, -0.2) is 0 Å². The molecule has 0 N–H and O–H groups in total. The quantitative estimate of drug-likeness (QED) is 0.455. The maximum Gasteiger partial charge on any atom is -1.00 e. The van der Waals surface area contributed by atoms with E-state index < -0.39 is 22.9 Å². The fourth-order valence-electron chi connectivity index (χ4n) is 3.11. The molecular weight excluding hydrogens is 466 g/mol. The third-order valence-corrected chi connectivity index (χ3v) is 10.0. The van der Waals surface area contributed by atoms with Crippen LogP contribution in [-0.2, 0) is 22.9 Å². The number of hydrogen-bond donors (Lipinski definition) is 0. The Bertz CT molecular complexity index is 437. The van der Waals surface area contributed by atoms with Gasteiger partial charge in [-0.3, -0.25) is 0 Å². The van der Waals surface area contributed by atoms with Gasteiger partial charge in [0, 0.05) is 0 Å². The van der Waals surface area contributed by atoms with Crippen LogP contribution in [0.4, 0.5) is 0 Å². The Morgan fingerprint density at radius 3 is 1.52 bits per heavy atom. The first kappa shape index (κ1) is 21.4. The van der Waals surface area contributed by atoms with Gasteiger partial charge in [-0.25, -0.2) is 0 Å². The van der Waals surface area contributed by atoms with Gasteiger partial charge in [0.05, 0.1) is 0 Å². The van der Waals surface area contributed by atoms with Crippen molar-refractivity contribution in [1.82, 2.24) is 0 Å². The molecule has 0 aromatic heterocycles. The number of allylic oxidation sites excluding steroid dienone is 8. The van der Waals surface area contributed by atoms with E-state index in [1.807, 2.05) is 6.66 Å². The van der Waals surface area contributed by atoms with E-state index in [-0.39, 0.29) is 24.8 Å². The summed E-state index contributed by atoms with van der Waals surface area (Å²) in [6, 6.07) is 0. The Kier molecular flexibility index (Phi) is 10.4. The second-order valence-corrected chi connectivity index (χ2v) is 11.0. The minimum absolute atomic E-state index is 0. The summed E-state index contributed by atoms with van der Waals surface area (Å²) in [5.41, 5.74) is 6.67. The molecular formula is C18H26Cl2Hf. The predicted molar refractivity (Wildman–Crippen MR) is 80.6 cm³/mol. The van der Waals surface area contributed by atoms with E-state index in [0.717, 1.165) is 0 Å². The van der Waals surface area contributed by atoms with E-state index in [4.69, 9.17) is 0 Å². The molecule has 21 heavy (non-hydrogen) atoms. The largest absolute Gasteiger partial charge is 1.00 e. The fourth-order valence-corrected chi connectivity index (χ4v) is 9.28. The molecule has 0 aromatic rings. The maximum atomic E-state index is 2.47. The summed E-state index contributed by atoms with van der Waals surface area (Å²) in [5.74, 6) is 0. The van der Waals surface area contributed by atoms with Gasteiger partial charge in [-0.2, -0.15) is 0 Å². The molecule has 3 heteroatoms. The molecule has 0 aromatic carbocycles. The fraction of sp³-hybridized carbons (Fsp3) is 0.556. The Morgan fingerprint density at radius 2 is 1.19 bits per heavy atom. The molecule has 2 aliphatic rings. The van der Waals surface area contributed by atoms with Crippen LogP contribution in [0.5, 0.6) is 0 Å². The van der Waals surface area contributed by atoms with Crippen molar-refractivity contribution in [1.29, 1.82) is 0 Å². The molecule has 0 radical (unpaired) electrons. The molecule has 0 unspecified atom stereocenters. The first-order chi connectivity index (χ1) is 9.17. The average molecular weight is 492 g/mol. The van der Waals surface area contributed by atoms with Crippen molar-refractivity contribution in [3.05, 3.63) is 41.1 Å². The van der Waals surface area contributed by atoms with Gasteiger partial charge in [0.1, 0.15) is 0 Å². The van der Waals surface area contributed by atoms with E-state index in [0.29, 0.717) is 0 Å². The molecule has 0 amide bonds. The zero-order valence-corrected chi connectivity index (χ0v) is 18.8. The van der Waals surface area contributed by atoms with Crippen molar-refractivity contribution < 1.29 is 47.7 Å². The van der Waals surface area contributed by atoms with Gasteiger partial charge in [0.25, 0.3) is 0 Å². The average Bonchev–Trinajstić information content (AvgIpc) is 2.90. The summed E-state index contributed by atoms with van der Waals surface area (Å²) < 4.78 is 3.79.